The second-order valence-corrected chi connectivity index (χ2v) is 8.93. The molecule has 1 heterocycles. The van der Waals surface area contributed by atoms with Crippen LogP contribution in [-0.2, 0) is 19.6 Å². The zero-order valence-electron chi connectivity index (χ0n) is 16.3. The average Bonchev–Trinajstić information content (AvgIpc) is 2.73. The van der Waals surface area contributed by atoms with Crippen LogP contribution >= 0.6 is 11.6 Å². The Hall–Kier alpha value is -2.46. The van der Waals surface area contributed by atoms with Crippen molar-refractivity contribution in [2.75, 3.05) is 38.2 Å². The first kappa shape index (κ1) is 22.2. The largest absolute Gasteiger partial charge is 0.482 e. The molecule has 0 saturated carbocycles. The van der Waals surface area contributed by atoms with Crippen molar-refractivity contribution in [2.45, 2.75) is 11.8 Å². The number of nitrogens with one attached hydrogen (secondary N) is 1. The fourth-order valence-corrected chi connectivity index (χ4v) is 4.59. The molecule has 1 aliphatic heterocycles. The minimum atomic E-state index is -3.68. The van der Waals surface area contributed by atoms with Crippen molar-refractivity contribution in [2.24, 2.45) is 0 Å². The average molecular weight is 453 g/mol. The smallest absolute Gasteiger partial charge is 0.262 e. The van der Waals surface area contributed by atoms with Crippen molar-refractivity contribution in [3.63, 3.8) is 0 Å². The molecule has 0 bridgehead atoms. The summed E-state index contributed by atoms with van der Waals surface area (Å²) in [6, 6.07) is 10.6. The van der Waals surface area contributed by atoms with Gasteiger partial charge in [0.1, 0.15) is 5.75 Å². The first-order valence-corrected chi connectivity index (χ1v) is 11.0. The van der Waals surface area contributed by atoms with Gasteiger partial charge in [-0.1, -0.05) is 23.7 Å². The lowest BCUT2D eigenvalue weighted by molar-refractivity contribution is -0.118. The third-order valence-electron chi connectivity index (χ3n) is 4.42. The maximum absolute atomic E-state index is 12.7. The van der Waals surface area contributed by atoms with Gasteiger partial charge in [-0.3, -0.25) is 9.59 Å². The lowest BCUT2D eigenvalue weighted by atomic mass is 10.1. The molecule has 1 saturated heterocycles. The van der Waals surface area contributed by atoms with Gasteiger partial charge in [0.25, 0.3) is 5.91 Å². The highest BCUT2D eigenvalue weighted by molar-refractivity contribution is 7.89. The SMILES string of the molecule is CC(=O)c1cccc(NC(=O)COc2ccc(S(=O)(=O)N3CCOCC3)cc2Cl)c1. The molecule has 3 rings (SSSR count). The Bertz CT molecular complexity index is 1050. The minimum Gasteiger partial charge on any atom is -0.482 e. The Labute approximate surface area is 179 Å². The van der Waals surface area contributed by atoms with Crippen LogP contribution < -0.4 is 10.1 Å². The molecule has 1 N–H and O–H groups in total. The second kappa shape index (κ2) is 9.57. The number of anilines is 1. The van der Waals surface area contributed by atoms with Gasteiger partial charge in [0.2, 0.25) is 10.0 Å². The Morgan fingerprint density at radius 1 is 1.17 bits per heavy atom. The molecule has 1 fully saturated rings. The van der Waals surface area contributed by atoms with Gasteiger partial charge in [-0.25, -0.2) is 8.42 Å². The van der Waals surface area contributed by atoms with E-state index < -0.39 is 15.9 Å². The predicted octanol–water partition coefficient (Wildman–Crippen LogP) is 2.58. The van der Waals surface area contributed by atoms with Crippen molar-refractivity contribution in [1.82, 2.24) is 4.31 Å². The molecule has 2 aromatic rings. The molecule has 1 amide bonds. The highest BCUT2D eigenvalue weighted by atomic mass is 35.5. The number of rotatable bonds is 7. The molecule has 1 aliphatic rings. The number of carbonyl (C=O) groups excluding carboxylic acids is 2. The molecule has 0 spiro atoms. The number of ketones is 1. The van der Waals surface area contributed by atoms with Crippen molar-refractivity contribution < 1.29 is 27.5 Å². The van der Waals surface area contributed by atoms with Crippen LogP contribution in [0.2, 0.25) is 5.02 Å². The van der Waals surface area contributed by atoms with Gasteiger partial charge in [0.15, 0.2) is 12.4 Å². The molecule has 0 aliphatic carbocycles. The van der Waals surface area contributed by atoms with E-state index in [0.29, 0.717) is 24.5 Å². The van der Waals surface area contributed by atoms with Gasteiger partial charge in [-0.05, 0) is 37.3 Å². The van der Waals surface area contributed by atoms with E-state index in [1.54, 1.807) is 24.3 Å². The van der Waals surface area contributed by atoms with E-state index in [9.17, 15) is 18.0 Å². The third-order valence-corrected chi connectivity index (χ3v) is 6.61. The van der Waals surface area contributed by atoms with Crippen LogP contribution in [0.5, 0.6) is 5.75 Å². The van der Waals surface area contributed by atoms with Crippen LogP contribution in [0.15, 0.2) is 47.4 Å². The standard InChI is InChI=1S/C20H21ClN2O6S/c1-14(24)15-3-2-4-16(11-15)22-20(25)13-29-19-6-5-17(12-18(19)21)30(26,27)23-7-9-28-10-8-23/h2-6,11-12H,7-10,13H2,1H3,(H,22,25). The fourth-order valence-electron chi connectivity index (χ4n) is 2.85. The summed E-state index contributed by atoms with van der Waals surface area (Å²) < 4.78 is 37.3. The summed E-state index contributed by atoms with van der Waals surface area (Å²) in [6.45, 7) is 2.36. The predicted molar refractivity (Wildman–Crippen MR) is 112 cm³/mol. The van der Waals surface area contributed by atoms with E-state index >= 15 is 0 Å². The Balaban J connectivity index is 1.62. The first-order valence-electron chi connectivity index (χ1n) is 9.18. The normalized spacial score (nSPS) is 14.9. The monoisotopic (exact) mass is 452 g/mol. The quantitative estimate of drug-likeness (QED) is 0.648. The van der Waals surface area contributed by atoms with Crippen molar-refractivity contribution >= 4 is 39.0 Å². The highest BCUT2D eigenvalue weighted by Gasteiger charge is 2.27. The van der Waals surface area contributed by atoms with Crippen LogP contribution in [0, 0.1) is 0 Å². The maximum atomic E-state index is 12.7. The van der Waals surface area contributed by atoms with Crippen LogP contribution in [0.4, 0.5) is 5.69 Å². The molecule has 10 heteroatoms. The number of halogens is 1. The lowest BCUT2D eigenvalue weighted by Crippen LogP contribution is -2.40. The van der Waals surface area contributed by atoms with Crippen LogP contribution in [0.1, 0.15) is 17.3 Å². The Morgan fingerprint density at radius 3 is 2.57 bits per heavy atom. The van der Waals surface area contributed by atoms with Gasteiger partial charge >= 0.3 is 0 Å². The number of benzene rings is 2. The van der Waals surface area contributed by atoms with E-state index in [1.807, 2.05) is 0 Å². The summed E-state index contributed by atoms with van der Waals surface area (Å²) in [7, 11) is -3.68. The molecule has 0 unspecified atom stereocenters. The van der Waals surface area contributed by atoms with Gasteiger partial charge in [0, 0.05) is 24.3 Å². The van der Waals surface area contributed by atoms with E-state index in [4.69, 9.17) is 21.1 Å². The van der Waals surface area contributed by atoms with E-state index in [0.717, 1.165) is 0 Å². The number of hydrogen-bond donors (Lipinski definition) is 1. The molecule has 8 nitrogen and oxygen atoms in total. The number of sulfonamides is 1. The second-order valence-electron chi connectivity index (χ2n) is 6.58. The van der Waals surface area contributed by atoms with Gasteiger partial charge < -0.3 is 14.8 Å². The van der Waals surface area contributed by atoms with E-state index in [1.165, 1.54) is 29.4 Å². The first-order chi connectivity index (χ1) is 14.3. The molecule has 30 heavy (non-hydrogen) atoms. The zero-order valence-corrected chi connectivity index (χ0v) is 17.8. The topological polar surface area (TPSA) is 102 Å². The van der Waals surface area contributed by atoms with Gasteiger partial charge in [0.05, 0.1) is 23.1 Å². The molecule has 2 aromatic carbocycles. The Morgan fingerprint density at radius 2 is 1.90 bits per heavy atom. The number of morpholine rings is 1. The maximum Gasteiger partial charge on any atom is 0.262 e. The molecule has 0 radical (unpaired) electrons. The number of Topliss-reactive ketones (excluding diaryl/α,β-unsaturated/α-hetero) is 1. The molecule has 0 aromatic heterocycles. The summed E-state index contributed by atoms with van der Waals surface area (Å²) in [5, 5.41) is 2.71. The number of ether oxygens (including phenoxy) is 2. The van der Waals surface area contributed by atoms with Crippen molar-refractivity contribution in [1.29, 1.82) is 0 Å². The molecule has 160 valence electrons. The van der Waals surface area contributed by atoms with Crippen molar-refractivity contribution in [3.05, 3.63) is 53.1 Å². The summed E-state index contributed by atoms with van der Waals surface area (Å²) in [5.74, 6) is -0.372. The van der Waals surface area contributed by atoms with Gasteiger partial charge in [-0.15, -0.1) is 0 Å². The summed E-state index contributed by atoms with van der Waals surface area (Å²) in [4.78, 5) is 23.6. The number of hydrogen-bond acceptors (Lipinski definition) is 6. The van der Waals surface area contributed by atoms with Crippen LogP contribution in [0.25, 0.3) is 0 Å². The van der Waals surface area contributed by atoms with Crippen LogP contribution in [0.3, 0.4) is 0 Å². The number of carbonyl (C=O) groups is 2. The number of nitrogens with zero attached hydrogens (tertiary/aromatic N) is 1. The van der Waals surface area contributed by atoms with E-state index in [-0.39, 0.29) is 41.1 Å². The number of amides is 1. The van der Waals surface area contributed by atoms with E-state index in [2.05, 4.69) is 5.32 Å². The van der Waals surface area contributed by atoms with Crippen molar-refractivity contribution in [3.8, 4) is 5.75 Å². The summed E-state index contributed by atoms with van der Waals surface area (Å²) in [5.41, 5.74) is 0.947. The third kappa shape index (κ3) is 5.37. The zero-order chi connectivity index (χ0) is 21.7. The Kier molecular flexibility index (Phi) is 7.09. The van der Waals surface area contributed by atoms with Crippen LogP contribution in [-0.4, -0.2) is 57.3 Å². The lowest BCUT2D eigenvalue weighted by Gasteiger charge is -2.26. The molecular weight excluding hydrogens is 432 g/mol. The summed E-state index contributed by atoms with van der Waals surface area (Å²) in [6.07, 6.45) is 0. The van der Waals surface area contributed by atoms with Gasteiger partial charge in [-0.2, -0.15) is 4.31 Å². The minimum absolute atomic E-state index is 0.0484. The highest BCUT2D eigenvalue weighted by Crippen LogP contribution is 2.29. The fraction of sp³-hybridized carbons (Fsp3) is 0.300. The molecule has 0 atom stereocenters. The molecular formula is C20H21ClN2O6S. The summed E-state index contributed by atoms with van der Waals surface area (Å²) >= 11 is 6.17.